The Morgan fingerprint density at radius 1 is 0.957 bits per heavy atom. The van der Waals surface area contributed by atoms with E-state index < -0.39 is 8.07 Å². The van der Waals surface area contributed by atoms with E-state index in [1.807, 2.05) is 12.3 Å². The first kappa shape index (κ1) is 17.7. The average Bonchev–Trinajstić information content (AvgIpc) is 2.59. The minimum Gasteiger partial charge on any atom is -0.266 e. The van der Waals surface area contributed by atoms with Crippen LogP contribution in [0.25, 0.3) is 5.57 Å². The maximum Gasteiger partial charge on any atom is 0.128 e. The van der Waals surface area contributed by atoms with Crippen LogP contribution in [-0.2, 0) is 0 Å². The predicted octanol–water partition coefficient (Wildman–Crippen LogP) is 5.59. The zero-order chi connectivity index (χ0) is 16.5. The van der Waals surface area contributed by atoms with Crippen molar-refractivity contribution in [1.29, 1.82) is 0 Å². The number of allylic oxidation sites excluding steroid dienone is 1. The molecule has 0 spiro atoms. The van der Waals surface area contributed by atoms with Gasteiger partial charge in [0.1, 0.15) is 8.07 Å². The molecule has 0 radical (unpaired) electrons. The number of hydrogen-bond donors (Lipinski definition) is 0. The third-order valence-electron chi connectivity index (χ3n) is 4.30. The fourth-order valence-electron chi connectivity index (χ4n) is 2.95. The van der Waals surface area contributed by atoms with E-state index in [-0.39, 0.29) is 0 Å². The molecule has 0 saturated carbocycles. The quantitative estimate of drug-likeness (QED) is 0.456. The van der Waals surface area contributed by atoms with E-state index in [4.69, 9.17) is 0 Å². The number of aromatic nitrogens is 1. The van der Waals surface area contributed by atoms with Gasteiger partial charge in [0.05, 0.1) is 0 Å². The molecule has 0 bridgehead atoms. The van der Waals surface area contributed by atoms with Gasteiger partial charge in [0.25, 0.3) is 0 Å². The summed E-state index contributed by atoms with van der Waals surface area (Å²) in [5.41, 5.74) is 5.43. The number of unbranched alkanes of at least 4 members (excludes halogenated alkanes) is 3. The molecule has 0 amide bonds. The zero-order valence-electron chi connectivity index (χ0n) is 14.8. The summed E-state index contributed by atoms with van der Waals surface area (Å²) in [5.74, 6) is 0. The molecule has 2 heteroatoms. The second-order valence-electron chi connectivity index (χ2n) is 6.78. The molecule has 0 fully saturated rings. The summed E-state index contributed by atoms with van der Waals surface area (Å²) in [4.78, 5) is 4.62. The van der Waals surface area contributed by atoms with Gasteiger partial charge in [-0.25, -0.2) is 0 Å². The Hall–Kier alpha value is -1.67. The molecular weight excluding hydrogens is 294 g/mol. The van der Waals surface area contributed by atoms with Crippen molar-refractivity contribution in [1.82, 2.24) is 4.98 Å². The molecule has 0 N–H and O–H groups in total. The maximum atomic E-state index is 4.62. The van der Waals surface area contributed by atoms with Crippen molar-refractivity contribution in [2.45, 2.75) is 52.1 Å². The minimum atomic E-state index is -1.67. The second kappa shape index (κ2) is 8.83. The van der Waals surface area contributed by atoms with Gasteiger partial charge in [0.15, 0.2) is 0 Å². The molecule has 23 heavy (non-hydrogen) atoms. The monoisotopic (exact) mass is 323 g/mol. The normalized spacial score (nSPS) is 12.4. The van der Waals surface area contributed by atoms with Gasteiger partial charge >= 0.3 is 0 Å². The number of benzene rings is 1. The Kier molecular flexibility index (Phi) is 6.78. The first-order chi connectivity index (χ1) is 11.1. The summed E-state index contributed by atoms with van der Waals surface area (Å²) < 4.78 is 0. The van der Waals surface area contributed by atoms with Crippen molar-refractivity contribution >= 4 is 19.0 Å². The molecular formula is C21H29NSi. The van der Waals surface area contributed by atoms with Gasteiger partial charge in [-0.3, -0.25) is 4.98 Å². The molecule has 0 unspecified atom stereocenters. The highest BCUT2D eigenvalue weighted by molar-refractivity contribution is 6.94. The topological polar surface area (TPSA) is 12.9 Å². The van der Waals surface area contributed by atoms with Gasteiger partial charge in [-0.15, -0.1) is 0 Å². The molecule has 1 aromatic heterocycles. The fourth-order valence-corrected chi connectivity index (χ4v) is 5.21. The van der Waals surface area contributed by atoms with Crippen LogP contribution in [0, 0.1) is 0 Å². The average molecular weight is 324 g/mol. The van der Waals surface area contributed by atoms with E-state index in [1.54, 1.807) is 0 Å². The van der Waals surface area contributed by atoms with Crippen molar-refractivity contribution in [2.75, 3.05) is 0 Å². The van der Waals surface area contributed by atoms with Gasteiger partial charge in [-0.05, 0) is 36.1 Å². The Labute approximate surface area is 142 Å². The summed E-state index contributed by atoms with van der Waals surface area (Å²) in [6.07, 6.45) is 8.32. The first-order valence-electron chi connectivity index (χ1n) is 8.82. The van der Waals surface area contributed by atoms with Crippen molar-refractivity contribution in [2.24, 2.45) is 0 Å². The van der Waals surface area contributed by atoms with Crippen LogP contribution in [0.15, 0.2) is 60.4 Å². The van der Waals surface area contributed by atoms with E-state index in [9.17, 15) is 0 Å². The summed E-state index contributed by atoms with van der Waals surface area (Å²) in [6, 6.07) is 17.2. The van der Waals surface area contributed by atoms with Crippen LogP contribution in [0.3, 0.4) is 0 Å². The van der Waals surface area contributed by atoms with Crippen LogP contribution in [0.1, 0.15) is 44.6 Å². The molecule has 122 valence electrons. The zero-order valence-corrected chi connectivity index (χ0v) is 15.8. The van der Waals surface area contributed by atoms with Crippen LogP contribution in [0.2, 0.25) is 13.1 Å². The highest BCUT2D eigenvalue weighted by atomic mass is 28.3. The Morgan fingerprint density at radius 2 is 1.70 bits per heavy atom. The molecule has 1 heterocycles. The third kappa shape index (κ3) is 5.47. The lowest BCUT2D eigenvalue weighted by Crippen LogP contribution is -2.41. The van der Waals surface area contributed by atoms with Crippen LogP contribution < -0.4 is 5.32 Å². The van der Waals surface area contributed by atoms with Crippen LogP contribution >= 0.6 is 0 Å². The van der Waals surface area contributed by atoms with Gasteiger partial charge in [-0.2, -0.15) is 0 Å². The molecule has 2 aromatic rings. The number of hydrogen-bond acceptors (Lipinski definition) is 1. The Morgan fingerprint density at radius 3 is 2.35 bits per heavy atom. The molecule has 0 saturated heterocycles. The van der Waals surface area contributed by atoms with Crippen LogP contribution in [-0.4, -0.2) is 13.1 Å². The highest BCUT2D eigenvalue weighted by Gasteiger charge is 2.23. The maximum absolute atomic E-state index is 4.62. The van der Waals surface area contributed by atoms with E-state index in [0.717, 1.165) is 0 Å². The molecule has 0 aliphatic rings. The second-order valence-corrected chi connectivity index (χ2v) is 11.0. The molecule has 0 atom stereocenters. The summed E-state index contributed by atoms with van der Waals surface area (Å²) in [5, 5.41) is 1.27. The van der Waals surface area contributed by atoms with Crippen molar-refractivity contribution < 1.29 is 0 Å². The number of rotatable bonds is 8. The number of pyridine rings is 1. The Bertz CT molecular complexity index is 602. The minimum absolute atomic E-state index is 1.17. The van der Waals surface area contributed by atoms with Gasteiger partial charge in [-0.1, -0.05) is 81.4 Å². The summed E-state index contributed by atoms with van der Waals surface area (Å²) in [6.45, 7) is 7.06. The lowest BCUT2D eigenvalue weighted by atomic mass is 10.0. The van der Waals surface area contributed by atoms with Gasteiger partial charge in [0, 0.05) is 11.5 Å². The largest absolute Gasteiger partial charge is 0.266 e. The third-order valence-corrected chi connectivity index (χ3v) is 6.99. The van der Waals surface area contributed by atoms with E-state index in [2.05, 4.69) is 73.2 Å². The van der Waals surface area contributed by atoms with Crippen molar-refractivity contribution in [3.8, 4) is 0 Å². The van der Waals surface area contributed by atoms with Crippen molar-refractivity contribution in [3.63, 3.8) is 0 Å². The molecule has 0 aliphatic carbocycles. The van der Waals surface area contributed by atoms with Gasteiger partial charge < -0.3 is 0 Å². The van der Waals surface area contributed by atoms with E-state index >= 15 is 0 Å². The lowest BCUT2D eigenvalue weighted by Gasteiger charge is -2.20. The van der Waals surface area contributed by atoms with E-state index in [1.165, 1.54) is 48.6 Å². The molecule has 2 rings (SSSR count). The summed E-state index contributed by atoms with van der Waals surface area (Å²) >= 11 is 0. The highest BCUT2D eigenvalue weighted by Crippen LogP contribution is 2.24. The fraction of sp³-hybridized carbons (Fsp3) is 0.381. The van der Waals surface area contributed by atoms with Gasteiger partial charge in [0.2, 0.25) is 0 Å². The lowest BCUT2D eigenvalue weighted by molar-refractivity contribution is 0.679. The molecule has 1 nitrogen and oxygen atoms in total. The standard InChI is InChI=1S/C21H29NSi/c1-4-5-6-8-15-20(19-13-9-7-10-14-19)18-23(2,3)21-16-11-12-17-22-21/h7,9-14,16-18H,4-6,8,15H2,1-3H3/b20-18+. The van der Waals surface area contributed by atoms with Crippen LogP contribution in [0.5, 0.6) is 0 Å². The first-order valence-corrected chi connectivity index (χ1v) is 11.9. The van der Waals surface area contributed by atoms with E-state index in [0.29, 0.717) is 0 Å². The van der Waals surface area contributed by atoms with Crippen LogP contribution in [0.4, 0.5) is 0 Å². The molecule has 0 aliphatic heterocycles. The predicted molar refractivity (Wildman–Crippen MR) is 105 cm³/mol. The smallest absolute Gasteiger partial charge is 0.128 e. The Balaban J connectivity index is 2.25. The SMILES string of the molecule is CCCCCC/C(=C\[Si](C)(C)c1ccccn1)c1ccccc1. The summed E-state index contributed by atoms with van der Waals surface area (Å²) in [7, 11) is -1.67. The molecule has 1 aromatic carbocycles. The van der Waals surface area contributed by atoms with Crippen molar-refractivity contribution in [3.05, 3.63) is 66.0 Å². The number of nitrogens with zero attached hydrogens (tertiary/aromatic N) is 1.